The molecule has 0 spiro atoms. The lowest BCUT2D eigenvalue weighted by Crippen LogP contribution is -2.23. The van der Waals surface area contributed by atoms with Crippen molar-refractivity contribution in [3.63, 3.8) is 0 Å². The van der Waals surface area contributed by atoms with Gasteiger partial charge in [-0.2, -0.15) is 0 Å². The zero-order valence-corrected chi connectivity index (χ0v) is 16.1. The highest BCUT2D eigenvalue weighted by Gasteiger charge is 2.19. The summed E-state index contributed by atoms with van der Waals surface area (Å²) in [5.74, 6) is 0.920. The Balaban J connectivity index is 2.35. The Kier molecular flexibility index (Phi) is 6.74. The largest absolute Gasteiger partial charge is 0.494 e. The molecule has 1 N–H and O–H groups in total. The lowest BCUT2D eigenvalue weighted by Gasteiger charge is -2.19. The van der Waals surface area contributed by atoms with E-state index in [4.69, 9.17) is 4.74 Å². The van der Waals surface area contributed by atoms with Crippen LogP contribution in [0.3, 0.4) is 0 Å². The van der Waals surface area contributed by atoms with Gasteiger partial charge in [-0.05, 0) is 81.1 Å². The number of halogens is 2. The molecule has 2 nitrogen and oxygen atoms in total. The highest BCUT2D eigenvalue weighted by atomic mass is 79.9. The van der Waals surface area contributed by atoms with Gasteiger partial charge < -0.3 is 10.1 Å². The molecule has 1 aromatic heterocycles. The predicted molar refractivity (Wildman–Crippen MR) is 97.5 cm³/mol. The second-order valence-corrected chi connectivity index (χ2v) is 8.42. The molecule has 0 saturated carbocycles. The smallest absolute Gasteiger partial charge is 0.119 e. The molecule has 0 radical (unpaired) electrons. The molecule has 21 heavy (non-hydrogen) atoms. The van der Waals surface area contributed by atoms with Gasteiger partial charge in [0.05, 0.1) is 20.2 Å². The fraction of sp³-hybridized carbons (Fsp3) is 0.375. The van der Waals surface area contributed by atoms with Gasteiger partial charge in [0.15, 0.2) is 0 Å². The average molecular weight is 433 g/mol. The second kappa shape index (κ2) is 8.32. The minimum Gasteiger partial charge on any atom is -0.494 e. The van der Waals surface area contributed by atoms with Crippen LogP contribution in [0.15, 0.2) is 37.9 Å². The lowest BCUT2D eigenvalue weighted by molar-refractivity contribution is 0.339. The molecule has 1 atom stereocenters. The van der Waals surface area contributed by atoms with Gasteiger partial charge in [-0.25, -0.2) is 0 Å². The number of thiophene rings is 1. The number of hydrogen-bond donors (Lipinski definition) is 1. The standard InChI is InChI=1S/C16H19Br2NOS/c1-3-8-19-15(13-10-14(17)21-16(13)18)11-6-5-7-12(9-11)20-4-2/h5-7,9-10,15,19H,3-4,8H2,1-2H3. The molecule has 2 aromatic rings. The molecule has 0 aliphatic heterocycles. The van der Waals surface area contributed by atoms with Crippen molar-refractivity contribution in [2.45, 2.75) is 26.3 Å². The summed E-state index contributed by atoms with van der Waals surface area (Å²) >= 11 is 8.94. The molecule has 2 rings (SSSR count). The van der Waals surface area contributed by atoms with Crippen molar-refractivity contribution in [1.82, 2.24) is 5.32 Å². The van der Waals surface area contributed by atoms with E-state index in [0.717, 1.165) is 26.3 Å². The van der Waals surface area contributed by atoms with E-state index < -0.39 is 0 Å². The van der Waals surface area contributed by atoms with E-state index in [1.54, 1.807) is 11.3 Å². The van der Waals surface area contributed by atoms with Gasteiger partial charge in [-0.3, -0.25) is 0 Å². The maximum atomic E-state index is 5.63. The van der Waals surface area contributed by atoms with Gasteiger partial charge in [0, 0.05) is 0 Å². The van der Waals surface area contributed by atoms with Crippen molar-refractivity contribution in [2.75, 3.05) is 13.2 Å². The number of nitrogens with one attached hydrogen (secondary N) is 1. The third-order valence-electron chi connectivity index (χ3n) is 3.09. The Morgan fingerprint density at radius 3 is 2.67 bits per heavy atom. The van der Waals surface area contributed by atoms with E-state index in [0.29, 0.717) is 6.61 Å². The lowest BCUT2D eigenvalue weighted by atomic mass is 10.0. The van der Waals surface area contributed by atoms with Crippen molar-refractivity contribution < 1.29 is 4.74 Å². The Morgan fingerprint density at radius 1 is 1.24 bits per heavy atom. The molecule has 5 heteroatoms. The highest BCUT2D eigenvalue weighted by molar-refractivity contribution is 9.12. The van der Waals surface area contributed by atoms with Crippen molar-refractivity contribution in [3.8, 4) is 5.75 Å². The van der Waals surface area contributed by atoms with Gasteiger partial charge in [0.2, 0.25) is 0 Å². The van der Waals surface area contributed by atoms with Crippen LogP contribution in [0.25, 0.3) is 0 Å². The van der Waals surface area contributed by atoms with Gasteiger partial charge in [-0.15, -0.1) is 11.3 Å². The van der Waals surface area contributed by atoms with E-state index >= 15 is 0 Å². The van der Waals surface area contributed by atoms with Crippen LogP contribution in [-0.2, 0) is 0 Å². The second-order valence-electron chi connectivity index (χ2n) is 4.67. The summed E-state index contributed by atoms with van der Waals surface area (Å²) in [4.78, 5) is 0. The molecule has 0 aliphatic carbocycles. The minimum atomic E-state index is 0.169. The summed E-state index contributed by atoms with van der Waals surface area (Å²) in [6, 6.07) is 10.7. The Labute approximate surface area is 147 Å². The number of hydrogen-bond acceptors (Lipinski definition) is 3. The molecule has 0 saturated heterocycles. The topological polar surface area (TPSA) is 21.3 Å². The van der Waals surface area contributed by atoms with Crippen molar-refractivity contribution in [1.29, 1.82) is 0 Å². The third kappa shape index (κ3) is 4.55. The molecule has 1 unspecified atom stereocenters. The molecular weight excluding hydrogens is 414 g/mol. The Bertz CT molecular complexity index is 585. The van der Waals surface area contributed by atoms with Gasteiger partial charge in [0.25, 0.3) is 0 Å². The van der Waals surface area contributed by atoms with Crippen LogP contribution in [0.2, 0.25) is 0 Å². The van der Waals surface area contributed by atoms with E-state index in [-0.39, 0.29) is 6.04 Å². The fourth-order valence-corrected chi connectivity index (χ4v) is 5.10. The van der Waals surface area contributed by atoms with E-state index in [1.807, 2.05) is 13.0 Å². The molecule has 1 heterocycles. The van der Waals surface area contributed by atoms with Crippen LogP contribution in [0.1, 0.15) is 37.4 Å². The van der Waals surface area contributed by atoms with E-state index in [9.17, 15) is 0 Å². The summed E-state index contributed by atoms with van der Waals surface area (Å²) in [6.45, 7) is 5.85. The van der Waals surface area contributed by atoms with E-state index in [1.165, 1.54) is 11.1 Å². The van der Waals surface area contributed by atoms with Crippen LogP contribution < -0.4 is 10.1 Å². The summed E-state index contributed by atoms with van der Waals surface area (Å²) < 4.78 is 7.92. The molecule has 1 aromatic carbocycles. The first-order valence-corrected chi connectivity index (χ1v) is 9.46. The Morgan fingerprint density at radius 2 is 2.05 bits per heavy atom. The third-order valence-corrected chi connectivity index (χ3v) is 5.48. The minimum absolute atomic E-state index is 0.169. The number of ether oxygens (including phenoxy) is 1. The first kappa shape index (κ1) is 17.0. The van der Waals surface area contributed by atoms with Crippen LogP contribution >= 0.6 is 43.2 Å². The Hall–Kier alpha value is -0.360. The zero-order chi connectivity index (χ0) is 15.2. The van der Waals surface area contributed by atoms with Crippen molar-refractivity contribution in [3.05, 3.63) is 49.0 Å². The summed E-state index contributed by atoms with van der Waals surface area (Å²) in [5.41, 5.74) is 2.48. The molecule has 0 amide bonds. The summed E-state index contributed by atoms with van der Waals surface area (Å²) in [7, 11) is 0. The molecular formula is C16H19Br2NOS. The van der Waals surface area contributed by atoms with Gasteiger partial charge in [-0.1, -0.05) is 19.1 Å². The molecule has 0 aliphatic rings. The van der Waals surface area contributed by atoms with Crippen LogP contribution in [0.5, 0.6) is 5.75 Å². The molecule has 0 bridgehead atoms. The van der Waals surface area contributed by atoms with Gasteiger partial charge >= 0.3 is 0 Å². The van der Waals surface area contributed by atoms with Crippen LogP contribution in [-0.4, -0.2) is 13.2 Å². The van der Waals surface area contributed by atoms with Crippen molar-refractivity contribution in [2.24, 2.45) is 0 Å². The number of benzene rings is 1. The van der Waals surface area contributed by atoms with Gasteiger partial charge in [0.1, 0.15) is 5.75 Å². The maximum absolute atomic E-state index is 5.63. The first-order chi connectivity index (χ1) is 10.2. The fourth-order valence-electron chi connectivity index (χ4n) is 2.20. The van der Waals surface area contributed by atoms with Crippen molar-refractivity contribution >= 4 is 43.2 Å². The average Bonchev–Trinajstić information content (AvgIpc) is 2.79. The molecule has 0 fully saturated rings. The molecule has 114 valence electrons. The van der Waals surface area contributed by atoms with Crippen LogP contribution in [0, 0.1) is 0 Å². The zero-order valence-electron chi connectivity index (χ0n) is 12.2. The highest BCUT2D eigenvalue weighted by Crippen LogP contribution is 2.38. The van der Waals surface area contributed by atoms with E-state index in [2.05, 4.69) is 68.4 Å². The normalized spacial score (nSPS) is 12.4. The monoisotopic (exact) mass is 431 g/mol. The number of rotatable bonds is 7. The SMILES string of the molecule is CCCNC(c1cccc(OCC)c1)c1cc(Br)sc1Br. The quantitative estimate of drug-likeness (QED) is 0.600. The van der Waals surface area contributed by atoms with Crippen LogP contribution in [0.4, 0.5) is 0 Å². The first-order valence-electron chi connectivity index (χ1n) is 7.06. The summed E-state index contributed by atoms with van der Waals surface area (Å²) in [5, 5.41) is 3.63. The maximum Gasteiger partial charge on any atom is 0.119 e. The summed E-state index contributed by atoms with van der Waals surface area (Å²) in [6.07, 6.45) is 1.10. The predicted octanol–water partition coefficient (Wildman–Crippen LogP) is 5.76.